The minimum absolute atomic E-state index is 0.0130. The van der Waals surface area contributed by atoms with Crippen LogP contribution in [0.2, 0.25) is 0 Å². The molecule has 9 heteroatoms. The van der Waals surface area contributed by atoms with Crippen LogP contribution in [0, 0.1) is 5.92 Å². The number of rotatable bonds is 9. The Morgan fingerprint density at radius 3 is 2.54 bits per heavy atom. The molecule has 0 bridgehead atoms. The molecule has 2 aromatic rings. The summed E-state index contributed by atoms with van der Waals surface area (Å²) < 4.78 is 11.7. The van der Waals surface area contributed by atoms with Crippen molar-refractivity contribution in [1.29, 1.82) is 0 Å². The summed E-state index contributed by atoms with van der Waals surface area (Å²) in [5.74, 6) is 1.06. The lowest BCUT2D eigenvalue weighted by molar-refractivity contribution is 0.0341. The van der Waals surface area contributed by atoms with Crippen molar-refractivity contribution < 1.29 is 24.2 Å². The van der Waals surface area contributed by atoms with Crippen LogP contribution in [0.5, 0.6) is 11.5 Å². The highest BCUT2D eigenvalue weighted by Gasteiger charge is 2.33. The second-order valence-electron chi connectivity index (χ2n) is 10.1. The molecule has 0 fully saturated rings. The first-order valence-electron chi connectivity index (χ1n) is 12.7. The molecule has 3 amide bonds. The van der Waals surface area contributed by atoms with Crippen LogP contribution >= 0.6 is 0 Å². The molecule has 3 atom stereocenters. The smallest absolute Gasteiger partial charge is 0.319 e. The van der Waals surface area contributed by atoms with Crippen LogP contribution in [0.25, 0.3) is 0 Å². The van der Waals surface area contributed by atoms with E-state index in [-0.39, 0.29) is 42.7 Å². The van der Waals surface area contributed by atoms with Gasteiger partial charge >= 0.3 is 6.03 Å². The van der Waals surface area contributed by atoms with Gasteiger partial charge in [0.05, 0.1) is 25.3 Å². The second kappa shape index (κ2) is 12.8. The van der Waals surface area contributed by atoms with Crippen LogP contribution in [0.4, 0.5) is 10.5 Å². The largest absolute Gasteiger partial charge is 0.497 e. The molecule has 202 valence electrons. The Kier molecular flexibility index (Phi) is 9.77. The van der Waals surface area contributed by atoms with Crippen molar-refractivity contribution in [1.82, 2.24) is 15.1 Å². The van der Waals surface area contributed by atoms with Gasteiger partial charge in [0.1, 0.15) is 17.6 Å². The molecule has 3 rings (SSSR count). The number of benzene rings is 2. The van der Waals surface area contributed by atoms with Gasteiger partial charge in [-0.3, -0.25) is 9.69 Å². The number of urea groups is 1. The molecular formula is C28H40N4O5. The topological polar surface area (TPSA) is 103 Å². The lowest BCUT2D eigenvalue weighted by Crippen LogP contribution is -2.49. The summed E-state index contributed by atoms with van der Waals surface area (Å²) in [6.07, 6.45) is -0.202. The van der Waals surface area contributed by atoms with Gasteiger partial charge in [0.15, 0.2) is 0 Å². The van der Waals surface area contributed by atoms with Gasteiger partial charge in [-0.1, -0.05) is 19.1 Å². The fraction of sp³-hybridized carbons (Fsp3) is 0.500. The summed E-state index contributed by atoms with van der Waals surface area (Å²) >= 11 is 0. The minimum atomic E-state index is -0.362. The highest BCUT2D eigenvalue weighted by atomic mass is 16.5. The fourth-order valence-corrected chi connectivity index (χ4v) is 4.36. The van der Waals surface area contributed by atoms with Crippen molar-refractivity contribution >= 4 is 17.6 Å². The Morgan fingerprint density at radius 1 is 1.22 bits per heavy atom. The van der Waals surface area contributed by atoms with Crippen LogP contribution in [0.1, 0.15) is 43.6 Å². The minimum Gasteiger partial charge on any atom is -0.497 e. The summed E-state index contributed by atoms with van der Waals surface area (Å²) in [6.45, 7) is 9.30. The molecule has 0 aliphatic carbocycles. The zero-order chi connectivity index (χ0) is 27.1. The highest BCUT2D eigenvalue weighted by molar-refractivity contribution is 5.99. The van der Waals surface area contributed by atoms with E-state index in [0.29, 0.717) is 30.1 Å². The number of aliphatic hydroxyl groups excluding tert-OH is 1. The molecule has 0 saturated carbocycles. The van der Waals surface area contributed by atoms with E-state index >= 15 is 0 Å². The van der Waals surface area contributed by atoms with Gasteiger partial charge in [-0.2, -0.15) is 0 Å². The van der Waals surface area contributed by atoms with Crippen molar-refractivity contribution in [3.63, 3.8) is 0 Å². The van der Waals surface area contributed by atoms with Gasteiger partial charge in [-0.15, -0.1) is 0 Å². The quantitative estimate of drug-likeness (QED) is 0.475. The Hall–Kier alpha value is -3.30. The molecule has 3 N–H and O–H groups in total. The van der Waals surface area contributed by atoms with E-state index in [2.05, 4.69) is 22.5 Å². The first-order valence-corrected chi connectivity index (χ1v) is 12.7. The van der Waals surface area contributed by atoms with Gasteiger partial charge < -0.3 is 30.1 Å². The van der Waals surface area contributed by atoms with E-state index in [1.54, 1.807) is 30.2 Å². The van der Waals surface area contributed by atoms with Gasteiger partial charge in [0.2, 0.25) is 0 Å². The number of nitrogens with one attached hydrogen (secondary N) is 2. The molecule has 0 unspecified atom stereocenters. The summed E-state index contributed by atoms with van der Waals surface area (Å²) in [7, 11) is 3.69. The van der Waals surface area contributed by atoms with E-state index < -0.39 is 0 Å². The number of methoxy groups -OCH3 is 1. The van der Waals surface area contributed by atoms with Crippen molar-refractivity contribution in [3.05, 3.63) is 53.6 Å². The Bertz CT molecular complexity index is 1060. The van der Waals surface area contributed by atoms with E-state index in [0.717, 1.165) is 17.9 Å². The van der Waals surface area contributed by atoms with E-state index in [1.165, 1.54) is 0 Å². The standard InChI is InChI=1S/C28H40N4O5/c1-18(2)29-28(35)30-22-9-12-25-24(13-22)27(34)32(20(4)17-33)14-19(3)26(37-25)16-31(5)15-21-7-10-23(36-6)11-8-21/h7-13,18-20,26,33H,14-17H2,1-6H3,(H2,29,30,35)/t19-,20-,26-/m1/s1. The molecule has 1 aliphatic rings. The van der Waals surface area contributed by atoms with Crippen molar-refractivity contribution in [2.24, 2.45) is 5.92 Å². The van der Waals surface area contributed by atoms with Crippen molar-refractivity contribution in [2.45, 2.75) is 52.4 Å². The van der Waals surface area contributed by atoms with Crippen molar-refractivity contribution in [3.8, 4) is 11.5 Å². The van der Waals surface area contributed by atoms with Gasteiger partial charge in [0.25, 0.3) is 5.91 Å². The third kappa shape index (κ3) is 7.60. The predicted molar refractivity (Wildman–Crippen MR) is 144 cm³/mol. The van der Waals surface area contributed by atoms with E-state index in [4.69, 9.17) is 9.47 Å². The lowest BCUT2D eigenvalue weighted by Gasteiger charge is -2.38. The highest BCUT2D eigenvalue weighted by Crippen LogP contribution is 2.31. The fourth-order valence-electron chi connectivity index (χ4n) is 4.36. The number of nitrogens with zero attached hydrogens (tertiary/aromatic N) is 2. The maximum absolute atomic E-state index is 13.6. The summed E-state index contributed by atoms with van der Waals surface area (Å²) in [6, 6.07) is 12.4. The molecule has 2 aromatic carbocycles. The number of ether oxygens (including phenoxy) is 2. The van der Waals surface area contributed by atoms with Crippen LogP contribution in [-0.2, 0) is 6.54 Å². The van der Waals surface area contributed by atoms with Gasteiger partial charge in [-0.25, -0.2) is 4.79 Å². The molecule has 9 nitrogen and oxygen atoms in total. The Morgan fingerprint density at radius 2 is 1.92 bits per heavy atom. The molecule has 0 spiro atoms. The first-order chi connectivity index (χ1) is 17.6. The number of carbonyl (C=O) groups excluding carboxylic acids is 2. The third-order valence-electron chi connectivity index (χ3n) is 6.45. The summed E-state index contributed by atoms with van der Waals surface area (Å²) in [5.41, 5.74) is 2.01. The second-order valence-corrected chi connectivity index (χ2v) is 10.1. The van der Waals surface area contributed by atoms with Crippen LogP contribution < -0.4 is 20.1 Å². The third-order valence-corrected chi connectivity index (χ3v) is 6.45. The number of hydrogen-bond acceptors (Lipinski definition) is 6. The van der Waals surface area contributed by atoms with Crippen molar-refractivity contribution in [2.75, 3.05) is 39.2 Å². The molecule has 0 aromatic heterocycles. The van der Waals surface area contributed by atoms with Gasteiger partial charge in [-0.05, 0) is 63.7 Å². The van der Waals surface area contributed by atoms with E-state index in [1.807, 2.05) is 52.1 Å². The number of likely N-dealkylation sites (N-methyl/N-ethyl adjacent to an activating group) is 1. The maximum atomic E-state index is 13.6. The predicted octanol–water partition coefficient (Wildman–Crippen LogP) is 3.58. The number of aliphatic hydroxyl groups is 1. The molecule has 0 radical (unpaired) electrons. The monoisotopic (exact) mass is 512 g/mol. The van der Waals surface area contributed by atoms with E-state index in [9.17, 15) is 14.7 Å². The molecule has 1 aliphatic heterocycles. The first kappa shape index (κ1) is 28.3. The number of hydrogen-bond donors (Lipinski definition) is 3. The molecular weight excluding hydrogens is 472 g/mol. The van der Waals surface area contributed by atoms with Crippen LogP contribution in [0.15, 0.2) is 42.5 Å². The number of fused-ring (bicyclic) bond motifs is 1. The van der Waals surface area contributed by atoms with Crippen LogP contribution in [0.3, 0.4) is 0 Å². The summed E-state index contributed by atoms with van der Waals surface area (Å²) in [4.78, 5) is 29.7. The normalized spacial score (nSPS) is 18.5. The maximum Gasteiger partial charge on any atom is 0.319 e. The zero-order valence-electron chi connectivity index (χ0n) is 22.7. The average molecular weight is 513 g/mol. The Labute approximate surface area is 219 Å². The lowest BCUT2D eigenvalue weighted by atomic mass is 9.99. The zero-order valence-corrected chi connectivity index (χ0v) is 22.7. The number of amides is 3. The Balaban J connectivity index is 1.85. The molecule has 0 saturated heterocycles. The number of anilines is 1. The SMILES string of the molecule is COc1ccc(CN(C)C[C@H]2Oc3ccc(NC(=O)NC(C)C)cc3C(=O)N([C@H](C)CO)C[C@H]2C)cc1. The number of carbonyl (C=O) groups is 2. The molecule has 37 heavy (non-hydrogen) atoms. The summed E-state index contributed by atoms with van der Waals surface area (Å²) in [5, 5.41) is 15.4. The molecule has 1 heterocycles. The average Bonchev–Trinajstić information content (AvgIpc) is 2.86. The van der Waals surface area contributed by atoms with Gasteiger partial charge in [0, 0.05) is 37.3 Å². The van der Waals surface area contributed by atoms with Crippen LogP contribution in [-0.4, -0.2) is 78.9 Å².